The molecule has 0 amide bonds. The van der Waals surface area contributed by atoms with Gasteiger partial charge < -0.3 is 9.63 Å². The normalized spacial score (nSPS) is 18.9. The van der Waals surface area contributed by atoms with E-state index in [9.17, 15) is 9.90 Å². The first-order chi connectivity index (χ1) is 9.75. The monoisotopic (exact) mass is 295 g/mol. The number of carboxylic acids is 1. The number of nitrogens with zero attached hydrogens (tertiary/aromatic N) is 3. The highest BCUT2D eigenvalue weighted by atomic mass is 16.5. The number of aromatic nitrogens is 2. The van der Waals surface area contributed by atoms with Crippen LogP contribution in [-0.2, 0) is 16.8 Å². The van der Waals surface area contributed by atoms with Gasteiger partial charge in [0.1, 0.15) is 5.54 Å². The molecule has 0 spiro atoms. The summed E-state index contributed by atoms with van der Waals surface area (Å²) >= 11 is 0. The third-order valence-corrected chi connectivity index (χ3v) is 4.32. The second-order valence-electron chi connectivity index (χ2n) is 7.02. The van der Waals surface area contributed by atoms with Gasteiger partial charge in [-0.2, -0.15) is 4.98 Å². The van der Waals surface area contributed by atoms with Gasteiger partial charge in [0, 0.05) is 5.41 Å². The summed E-state index contributed by atoms with van der Waals surface area (Å²) in [5, 5.41) is 13.7. The maximum atomic E-state index is 11.8. The van der Waals surface area contributed by atoms with Crippen LogP contribution in [0.5, 0.6) is 0 Å². The van der Waals surface area contributed by atoms with E-state index in [2.05, 4.69) is 10.1 Å². The fraction of sp³-hybridized carbons (Fsp3) is 0.800. The van der Waals surface area contributed by atoms with Crippen molar-refractivity contribution in [2.75, 3.05) is 7.05 Å². The van der Waals surface area contributed by atoms with Gasteiger partial charge in [0.05, 0.1) is 6.54 Å². The Hall–Kier alpha value is -1.43. The van der Waals surface area contributed by atoms with Crippen LogP contribution in [0.3, 0.4) is 0 Å². The minimum Gasteiger partial charge on any atom is -0.480 e. The van der Waals surface area contributed by atoms with Gasteiger partial charge >= 0.3 is 5.97 Å². The number of carboxylic acid groups (broad SMARTS) is 1. The Morgan fingerprint density at radius 2 is 1.95 bits per heavy atom. The Labute approximate surface area is 125 Å². The zero-order chi connectivity index (χ0) is 15.7. The van der Waals surface area contributed by atoms with E-state index in [1.54, 1.807) is 0 Å². The number of aliphatic carboxylic acids is 1. The second-order valence-corrected chi connectivity index (χ2v) is 7.02. The van der Waals surface area contributed by atoms with Gasteiger partial charge in [-0.25, -0.2) is 0 Å². The summed E-state index contributed by atoms with van der Waals surface area (Å²) in [4.78, 5) is 18.0. The second kappa shape index (κ2) is 5.75. The van der Waals surface area contributed by atoms with Crippen molar-refractivity contribution in [2.45, 2.75) is 70.4 Å². The van der Waals surface area contributed by atoms with Crippen molar-refractivity contribution in [3.63, 3.8) is 0 Å². The Balaban J connectivity index is 2.14. The van der Waals surface area contributed by atoms with E-state index in [0.717, 1.165) is 19.3 Å². The van der Waals surface area contributed by atoms with Gasteiger partial charge in [0.25, 0.3) is 0 Å². The van der Waals surface area contributed by atoms with E-state index in [-0.39, 0.29) is 5.41 Å². The lowest BCUT2D eigenvalue weighted by atomic mass is 9.80. The van der Waals surface area contributed by atoms with Crippen molar-refractivity contribution in [3.8, 4) is 0 Å². The topological polar surface area (TPSA) is 79.5 Å². The Kier molecular flexibility index (Phi) is 4.37. The fourth-order valence-electron chi connectivity index (χ4n) is 2.87. The van der Waals surface area contributed by atoms with E-state index < -0.39 is 11.5 Å². The van der Waals surface area contributed by atoms with Gasteiger partial charge in [-0.3, -0.25) is 9.69 Å². The lowest BCUT2D eigenvalue weighted by Crippen LogP contribution is -2.53. The third kappa shape index (κ3) is 3.26. The van der Waals surface area contributed by atoms with Crippen LogP contribution in [0.1, 0.15) is 64.6 Å². The SMILES string of the molecule is CN(Cc1nc(C(C)(C)C)no1)C1(C(=O)O)CCCCC1. The van der Waals surface area contributed by atoms with Gasteiger partial charge in [0.2, 0.25) is 5.89 Å². The van der Waals surface area contributed by atoms with Crippen LogP contribution in [0.15, 0.2) is 4.52 Å². The van der Waals surface area contributed by atoms with E-state index in [1.807, 2.05) is 32.7 Å². The molecule has 1 fully saturated rings. The van der Waals surface area contributed by atoms with Gasteiger partial charge in [-0.05, 0) is 19.9 Å². The molecule has 0 unspecified atom stereocenters. The molecule has 0 aromatic carbocycles. The van der Waals surface area contributed by atoms with Gasteiger partial charge in [-0.15, -0.1) is 0 Å². The standard InChI is InChI=1S/C15H25N3O3/c1-14(2,3)12-16-11(21-17-12)10-18(4)15(13(19)20)8-6-5-7-9-15/h5-10H2,1-4H3,(H,19,20). The van der Waals surface area contributed by atoms with Crippen LogP contribution < -0.4 is 0 Å². The summed E-state index contributed by atoms with van der Waals surface area (Å²) in [6.45, 7) is 6.43. The molecule has 0 atom stereocenters. The molecular weight excluding hydrogens is 270 g/mol. The molecule has 0 bridgehead atoms. The molecule has 6 heteroatoms. The van der Waals surface area contributed by atoms with E-state index in [0.29, 0.717) is 31.1 Å². The lowest BCUT2D eigenvalue weighted by Gasteiger charge is -2.40. The molecule has 1 aromatic heterocycles. The van der Waals surface area contributed by atoms with E-state index in [4.69, 9.17) is 4.52 Å². The maximum Gasteiger partial charge on any atom is 0.324 e. The molecule has 1 aliphatic rings. The smallest absolute Gasteiger partial charge is 0.324 e. The highest BCUT2D eigenvalue weighted by Crippen LogP contribution is 2.34. The van der Waals surface area contributed by atoms with Crippen LogP contribution in [0.2, 0.25) is 0 Å². The van der Waals surface area contributed by atoms with Gasteiger partial charge in [0.15, 0.2) is 5.82 Å². The highest BCUT2D eigenvalue weighted by Gasteiger charge is 2.43. The summed E-state index contributed by atoms with van der Waals surface area (Å²) in [5.74, 6) is 0.382. The third-order valence-electron chi connectivity index (χ3n) is 4.32. The first kappa shape index (κ1) is 15.9. The molecule has 6 nitrogen and oxygen atoms in total. The van der Waals surface area contributed by atoms with Crippen molar-refractivity contribution in [1.82, 2.24) is 15.0 Å². The van der Waals surface area contributed by atoms with E-state index >= 15 is 0 Å². The Bertz CT molecular complexity index is 499. The minimum absolute atomic E-state index is 0.171. The molecule has 1 saturated carbocycles. The summed E-state index contributed by atoms with van der Waals surface area (Å²) < 4.78 is 5.28. The van der Waals surface area contributed by atoms with Crippen LogP contribution in [-0.4, -0.2) is 38.7 Å². The van der Waals surface area contributed by atoms with Crippen LogP contribution in [0.4, 0.5) is 0 Å². The summed E-state index contributed by atoms with van der Waals surface area (Å²) in [5.41, 5.74) is -0.968. The summed E-state index contributed by atoms with van der Waals surface area (Å²) in [7, 11) is 1.83. The molecule has 118 valence electrons. The number of carbonyl (C=O) groups is 1. The first-order valence-electron chi connectivity index (χ1n) is 7.53. The Morgan fingerprint density at radius 1 is 1.33 bits per heavy atom. The predicted molar refractivity (Wildman–Crippen MR) is 77.9 cm³/mol. The molecule has 21 heavy (non-hydrogen) atoms. The molecule has 2 rings (SSSR count). The molecule has 0 saturated heterocycles. The molecule has 1 N–H and O–H groups in total. The van der Waals surface area contributed by atoms with Crippen LogP contribution >= 0.6 is 0 Å². The molecular formula is C15H25N3O3. The minimum atomic E-state index is -0.797. The largest absolute Gasteiger partial charge is 0.480 e. The molecule has 1 aliphatic carbocycles. The zero-order valence-corrected chi connectivity index (χ0v) is 13.3. The van der Waals surface area contributed by atoms with Gasteiger partial charge in [-0.1, -0.05) is 45.2 Å². The van der Waals surface area contributed by atoms with Crippen molar-refractivity contribution < 1.29 is 14.4 Å². The average molecular weight is 295 g/mol. The maximum absolute atomic E-state index is 11.8. The predicted octanol–water partition coefficient (Wildman–Crippen LogP) is 2.59. The van der Waals surface area contributed by atoms with Crippen LogP contribution in [0.25, 0.3) is 0 Å². The van der Waals surface area contributed by atoms with Crippen molar-refractivity contribution in [1.29, 1.82) is 0 Å². The quantitative estimate of drug-likeness (QED) is 0.919. The number of hydrogen-bond donors (Lipinski definition) is 1. The highest BCUT2D eigenvalue weighted by molar-refractivity contribution is 5.78. The van der Waals surface area contributed by atoms with Crippen molar-refractivity contribution >= 4 is 5.97 Å². The Morgan fingerprint density at radius 3 is 2.43 bits per heavy atom. The summed E-state index contributed by atoms with van der Waals surface area (Å²) in [6.07, 6.45) is 4.37. The number of rotatable bonds is 4. The van der Waals surface area contributed by atoms with Crippen molar-refractivity contribution in [3.05, 3.63) is 11.7 Å². The summed E-state index contributed by atoms with van der Waals surface area (Å²) in [6, 6.07) is 0. The number of likely N-dealkylation sites (N-methyl/N-ethyl adjacent to an activating group) is 1. The first-order valence-corrected chi connectivity index (χ1v) is 7.53. The molecule has 0 aliphatic heterocycles. The molecule has 1 heterocycles. The zero-order valence-electron chi connectivity index (χ0n) is 13.3. The fourth-order valence-corrected chi connectivity index (χ4v) is 2.87. The molecule has 0 radical (unpaired) electrons. The number of hydrogen-bond acceptors (Lipinski definition) is 5. The lowest BCUT2D eigenvalue weighted by molar-refractivity contribution is -0.153. The van der Waals surface area contributed by atoms with E-state index in [1.165, 1.54) is 0 Å². The molecule has 1 aromatic rings. The van der Waals surface area contributed by atoms with Crippen molar-refractivity contribution in [2.24, 2.45) is 0 Å². The van der Waals surface area contributed by atoms with Crippen LogP contribution in [0, 0.1) is 0 Å². The average Bonchev–Trinajstić information content (AvgIpc) is 2.87.